The highest BCUT2D eigenvalue weighted by atomic mass is 16.4. The zero-order valence-electron chi connectivity index (χ0n) is 14.4. The molecule has 0 saturated heterocycles. The molecule has 1 aromatic heterocycles. The van der Waals surface area contributed by atoms with Crippen molar-refractivity contribution >= 4 is 11.9 Å². The first kappa shape index (κ1) is 17.8. The molecule has 0 aliphatic heterocycles. The number of amides is 1. The molecule has 0 aliphatic carbocycles. The molecule has 0 radical (unpaired) electrons. The lowest BCUT2D eigenvalue weighted by Crippen LogP contribution is -2.30. The van der Waals surface area contributed by atoms with Crippen LogP contribution in [0.2, 0.25) is 0 Å². The highest BCUT2D eigenvalue weighted by molar-refractivity contribution is 5.95. The Kier molecular flexibility index (Phi) is 5.12. The second-order valence-electron chi connectivity index (χ2n) is 6.87. The van der Waals surface area contributed by atoms with E-state index in [1.54, 1.807) is 25.1 Å². The van der Waals surface area contributed by atoms with Gasteiger partial charge < -0.3 is 14.8 Å². The summed E-state index contributed by atoms with van der Waals surface area (Å²) in [5, 5.41) is 11.9. The van der Waals surface area contributed by atoms with E-state index in [2.05, 4.69) is 5.32 Å². The van der Waals surface area contributed by atoms with Gasteiger partial charge in [-0.15, -0.1) is 0 Å². The van der Waals surface area contributed by atoms with Crippen molar-refractivity contribution in [3.05, 3.63) is 59.0 Å². The Labute approximate surface area is 141 Å². The predicted molar refractivity (Wildman–Crippen MR) is 91.0 cm³/mol. The first-order chi connectivity index (χ1) is 11.2. The number of aryl methyl sites for hydroxylation is 1. The number of aliphatic carboxylic acids is 1. The van der Waals surface area contributed by atoms with Gasteiger partial charge in [0.15, 0.2) is 0 Å². The molecule has 128 valence electrons. The van der Waals surface area contributed by atoms with Gasteiger partial charge in [0.2, 0.25) is 0 Å². The third kappa shape index (κ3) is 4.25. The van der Waals surface area contributed by atoms with E-state index in [1.165, 1.54) is 0 Å². The van der Waals surface area contributed by atoms with Crippen LogP contribution in [-0.2, 0) is 10.2 Å². The molecule has 0 fully saturated rings. The Morgan fingerprint density at radius 2 is 1.83 bits per heavy atom. The van der Waals surface area contributed by atoms with Crippen molar-refractivity contribution in [1.82, 2.24) is 5.32 Å². The normalized spacial score (nSPS) is 12.7. The highest BCUT2D eigenvalue weighted by Crippen LogP contribution is 2.27. The van der Waals surface area contributed by atoms with Crippen molar-refractivity contribution < 1.29 is 19.1 Å². The van der Waals surface area contributed by atoms with Crippen molar-refractivity contribution in [3.8, 4) is 0 Å². The topological polar surface area (TPSA) is 79.5 Å². The van der Waals surface area contributed by atoms with E-state index in [0.717, 1.165) is 11.3 Å². The lowest BCUT2D eigenvalue weighted by molar-refractivity contribution is -0.137. The minimum atomic E-state index is -0.969. The number of nitrogens with one attached hydrogen (secondary N) is 1. The van der Waals surface area contributed by atoms with Crippen LogP contribution in [0.5, 0.6) is 0 Å². The summed E-state index contributed by atoms with van der Waals surface area (Å²) in [6, 6.07) is 10.2. The summed E-state index contributed by atoms with van der Waals surface area (Å²) >= 11 is 0. The number of benzene rings is 1. The van der Waals surface area contributed by atoms with Gasteiger partial charge in [-0.1, -0.05) is 51.1 Å². The summed E-state index contributed by atoms with van der Waals surface area (Å²) < 4.78 is 5.69. The second-order valence-corrected chi connectivity index (χ2v) is 6.87. The highest BCUT2D eigenvalue weighted by Gasteiger charge is 2.25. The van der Waals surface area contributed by atoms with Crippen LogP contribution in [0.3, 0.4) is 0 Å². The molecule has 2 aromatic rings. The van der Waals surface area contributed by atoms with E-state index in [1.807, 2.05) is 39.0 Å². The molecule has 0 spiro atoms. The molecule has 0 saturated carbocycles. The van der Waals surface area contributed by atoms with Crippen LogP contribution in [0.1, 0.15) is 60.7 Å². The summed E-state index contributed by atoms with van der Waals surface area (Å²) in [5.41, 5.74) is 0.986. The minimum absolute atomic E-state index is 0.182. The van der Waals surface area contributed by atoms with E-state index in [9.17, 15) is 9.59 Å². The molecular formula is C19H23NO4. The Morgan fingerprint density at radius 1 is 1.21 bits per heavy atom. The smallest absolute Gasteiger partial charge is 0.305 e. The average Bonchev–Trinajstić information content (AvgIpc) is 2.89. The molecule has 1 unspecified atom stereocenters. The standard InChI is InChI=1S/C19H23NO4/c1-12-14(10-16(24-12)19(2,3)4)18(23)20-15(11-17(21)22)13-8-6-5-7-9-13/h5-10,15H,11H2,1-4H3,(H,20,23)(H,21,22). The van der Waals surface area contributed by atoms with Crippen molar-refractivity contribution in [3.63, 3.8) is 0 Å². The van der Waals surface area contributed by atoms with E-state index < -0.39 is 12.0 Å². The fourth-order valence-electron chi connectivity index (χ4n) is 2.43. The predicted octanol–water partition coefficient (Wildman–Crippen LogP) is 3.83. The average molecular weight is 329 g/mol. The van der Waals surface area contributed by atoms with Crippen LogP contribution in [0, 0.1) is 6.92 Å². The van der Waals surface area contributed by atoms with Crippen LogP contribution in [0.25, 0.3) is 0 Å². The zero-order valence-corrected chi connectivity index (χ0v) is 14.4. The van der Waals surface area contributed by atoms with E-state index in [0.29, 0.717) is 11.3 Å². The van der Waals surface area contributed by atoms with Crippen molar-refractivity contribution in [2.45, 2.75) is 45.6 Å². The van der Waals surface area contributed by atoms with Crippen molar-refractivity contribution in [2.24, 2.45) is 0 Å². The fourth-order valence-corrected chi connectivity index (χ4v) is 2.43. The number of rotatable bonds is 5. The summed E-state index contributed by atoms with van der Waals surface area (Å²) in [7, 11) is 0. The molecule has 1 heterocycles. The summed E-state index contributed by atoms with van der Waals surface area (Å²) in [4.78, 5) is 23.7. The molecule has 5 nitrogen and oxygen atoms in total. The van der Waals surface area contributed by atoms with Gasteiger partial charge >= 0.3 is 5.97 Å². The number of hydrogen-bond donors (Lipinski definition) is 2. The van der Waals surface area contributed by atoms with Crippen LogP contribution in [-0.4, -0.2) is 17.0 Å². The number of carbonyl (C=O) groups excluding carboxylic acids is 1. The first-order valence-electron chi connectivity index (χ1n) is 7.87. The first-order valence-corrected chi connectivity index (χ1v) is 7.87. The maximum atomic E-state index is 12.6. The van der Waals surface area contributed by atoms with Gasteiger partial charge in [-0.25, -0.2) is 0 Å². The van der Waals surface area contributed by atoms with Crippen LogP contribution < -0.4 is 5.32 Å². The number of furan rings is 1. The molecule has 0 bridgehead atoms. The van der Waals surface area contributed by atoms with E-state index in [4.69, 9.17) is 9.52 Å². The van der Waals surface area contributed by atoms with Crippen molar-refractivity contribution in [1.29, 1.82) is 0 Å². The third-order valence-electron chi connectivity index (χ3n) is 3.79. The summed E-state index contributed by atoms with van der Waals surface area (Å²) in [5.74, 6) is -0.0514. The molecule has 24 heavy (non-hydrogen) atoms. The molecule has 2 rings (SSSR count). The Bertz CT molecular complexity index is 726. The minimum Gasteiger partial charge on any atom is -0.481 e. The van der Waals surface area contributed by atoms with Crippen LogP contribution >= 0.6 is 0 Å². The molecule has 1 amide bonds. The SMILES string of the molecule is Cc1oc(C(C)(C)C)cc1C(=O)NC(CC(=O)O)c1ccccc1. The molecule has 1 aromatic carbocycles. The fraction of sp³-hybridized carbons (Fsp3) is 0.368. The number of hydrogen-bond acceptors (Lipinski definition) is 3. The molecule has 5 heteroatoms. The maximum Gasteiger partial charge on any atom is 0.305 e. The molecular weight excluding hydrogens is 306 g/mol. The maximum absolute atomic E-state index is 12.6. The van der Waals surface area contributed by atoms with E-state index in [-0.39, 0.29) is 17.7 Å². The van der Waals surface area contributed by atoms with Crippen molar-refractivity contribution in [2.75, 3.05) is 0 Å². The number of carboxylic acids is 1. The third-order valence-corrected chi connectivity index (χ3v) is 3.79. The largest absolute Gasteiger partial charge is 0.481 e. The Morgan fingerprint density at radius 3 is 2.33 bits per heavy atom. The van der Waals surface area contributed by atoms with Gasteiger partial charge in [0, 0.05) is 5.41 Å². The van der Waals surface area contributed by atoms with Gasteiger partial charge in [0.05, 0.1) is 18.0 Å². The second kappa shape index (κ2) is 6.91. The Balaban J connectivity index is 2.25. The lowest BCUT2D eigenvalue weighted by Gasteiger charge is -2.17. The summed E-state index contributed by atoms with van der Waals surface area (Å²) in [6.45, 7) is 7.75. The monoisotopic (exact) mass is 329 g/mol. The Hall–Kier alpha value is -2.56. The quantitative estimate of drug-likeness (QED) is 0.873. The summed E-state index contributed by atoms with van der Waals surface area (Å²) in [6.07, 6.45) is -0.182. The van der Waals surface area contributed by atoms with Gasteiger partial charge in [0.1, 0.15) is 11.5 Å². The number of carbonyl (C=O) groups is 2. The molecule has 2 N–H and O–H groups in total. The van der Waals surface area contributed by atoms with Gasteiger partial charge in [0.25, 0.3) is 5.91 Å². The van der Waals surface area contributed by atoms with Gasteiger partial charge in [-0.3, -0.25) is 9.59 Å². The van der Waals surface area contributed by atoms with Gasteiger partial charge in [-0.05, 0) is 18.6 Å². The molecule has 1 atom stereocenters. The van der Waals surface area contributed by atoms with E-state index >= 15 is 0 Å². The van der Waals surface area contributed by atoms with Gasteiger partial charge in [-0.2, -0.15) is 0 Å². The van der Waals surface area contributed by atoms with Crippen LogP contribution in [0.15, 0.2) is 40.8 Å². The zero-order chi connectivity index (χ0) is 17.9. The van der Waals surface area contributed by atoms with Crippen LogP contribution in [0.4, 0.5) is 0 Å². The number of carboxylic acid groups (broad SMARTS) is 1. The lowest BCUT2D eigenvalue weighted by atomic mass is 9.93. The molecule has 0 aliphatic rings.